The van der Waals surface area contributed by atoms with E-state index in [-0.39, 0.29) is 23.7 Å². The first-order chi connectivity index (χ1) is 16.5. The van der Waals surface area contributed by atoms with Crippen molar-refractivity contribution in [3.8, 4) is 17.2 Å². The minimum Gasteiger partial charge on any atom is -0.507 e. The van der Waals surface area contributed by atoms with Gasteiger partial charge in [0, 0.05) is 15.6 Å². The minimum atomic E-state index is -0.549. The van der Waals surface area contributed by atoms with Gasteiger partial charge in [0.2, 0.25) is 0 Å². The van der Waals surface area contributed by atoms with Gasteiger partial charge in [-0.3, -0.25) is 4.79 Å². The summed E-state index contributed by atoms with van der Waals surface area (Å²) < 4.78 is 25.6. The zero-order valence-corrected chi connectivity index (χ0v) is 19.7. The molecule has 0 bridgehead atoms. The van der Waals surface area contributed by atoms with Gasteiger partial charge in [-0.1, -0.05) is 42.5 Å². The van der Waals surface area contributed by atoms with Gasteiger partial charge in [0.25, 0.3) is 5.91 Å². The number of aromatic hydroxyl groups is 1. The highest BCUT2D eigenvalue weighted by molar-refractivity contribution is 9.10. The van der Waals surface area contributed by atoms with Crippen LogP contribution in [-0.2, 0) is 6.61 Å². The number of amides is 1. The minimum absolute atomic E-state index is 0.0359. The summed E-state index contributed by atoms with van der Waals surface area (Å²) in [6, 6.07) is 20.3. The molecule has 0 saturated carbocycles. The number of phenolic OH excluding ortho intramolecular Hbond substituents is 1. The SMILES string of the molecule is COc1cc(C=NNC(=O)c2cc3ccccc3cc2O)c(Br)cc1OCc1ccccc1F. The van der Waals surface area contributed by atoms with E-state index in [1.807, 2.05) is 24.3 Å². The molecular formula is C26H20BrFN2O4. The zero-order valence-electron chi connectivity index (χ0n) is 18.1. The van der Waals surface area contributed by atoms with Crippen molar-refractivity contribution in [1.29, 1.82) is 0 Å². The molecule has 0 aliphatic heterocycles. The predicted octanol–water partition coefficient (Wildman–Crippen LogP) is 5.80. The van der Waals surface area contributed by atoms with Crippen LogP contribution in [0.4, 0.5) is 4.39 Å². The number of methoxy groups -OCH3 is 1. The molecule has 34 heavy (non-hydrogen) atoms. The topological polar surface area (TPSA) is 80.2 Å². The molecule has 4 rings (SSSR count). The Kier molecular flexibility index (Phi) is 7.08. The van der Waals surface area contributed by atoms with Gasteiger partial charge in [-0.25, -0.2) is 9.82 Å². The molecule has 172 valence electrons. The Morgan fingerprint density at radius 3 is 2.50 bits per heavy atom. The van der Waals surface area contributed by atoms with E-state index in [4.69, 9.17) is 9.47 Å². The molecule has 4 aromatic carbocycles. The molecule has 6 nitrogen and oxygen atoms in total. The fourth-order valence-corrected chi connectivity index (χ4v) is 3.75. The van der Waals surface area contributed by atoms with E-state index in [2.05, 4.69) is 26.5 Å². The number of nitrogens with one attached hydrogen (secondary N) is 1. The van der Waals surface area contributed by atoms with Crippen LogP contribution in [0.15, 0.2) is 82.4 Å². The molecular weight excluding hydrogens is 503 g/mol. The highest BCUT2D eigenvalue weighted by Gasteiger charge is 2.13. The standard InChI is InChI=1S/C26H20BrFN2O4/c1-33-24-12-19(21(27)13-25(24)34-15-18-8-4-5-9-22(18)28)14-29-30-26(32)20-10-16-6-2-3-7-17(16)11-23(20)31/h2-14,31H,15H2,1H3,(H,30,32). The van der Waals surface area contributed by atoms with E-state index in [9.17, 15) is 14.3 Å². The number of fused-ring (bicyclic) bond motifs is 1. The Balaban J connectivity index is 1.48. The van der Waals surface area contributed by atoms with Gasteiger partial charge in [-0.15, -0.1) is 0 Å². The van der Waals surface area contributed by atoms with Crippen molar-refractivity contribution >= 4 is 38.8 Å². The van der Waals surface area contributed by atoms with Crippen LogP contribution in [0.3, 0.4) is 0 Å². The molecule has 0 heterocycles. The number of carbonyl (C=O) groups excluding carboxylic acids is 1. The van der Waals surface area contributed by atoms with Gasteiger partial charge >= 0.3 is 0 Å². The summed E-state index contributed by atoms with van der Waals surface area (Å²) in [5.74, 6) is -0.199. The maximum atomic E-state index is 13.9. The molecule has 0 radical (unpaired) electrons. The predicted molar refractivity (Wildman–Crippen MR) is 132 cm³/mol. The lowest BCUT2D eigenvalue weighted by atomic mass is 10.1. The van der Waals surface area contributed by atoms with Gasteiger partial charge < -0.3 is 14.6 Å². The number of benzene rings is 4. The largest absolute Gasteiger partial charge is 0.507 e. The zero-order chi connectivity index (χ0) is 24.1. The van der Waals surface area contributed by atoms with Crippen molar-refractivity contribution in [2.24, 2.45) is 5.10 Å². The fourth-order valence-electron chi connectivity index (χ4n) is 3.32. The van der Waals surface area contributed by atoms with Crippen LogP contribution in [0.25, 0.3) is 10.8 Å². The Bertz CT molecular complexity index is 1390. The van der Waals surface area contributed by atoms with Crippen LogP contribution in [-0.4, -0.2) is 24.3 Å². The molecule has 0 aliphatic rings. The maximum absolute atomic E-state index is 13.9. The quantitative estimate of drug-likeness (QED) is 0.237. The molecule has 0 saturated heterocycles. The first kappa shape index (κ1) is 23.3. The normalized spacial score (nSPS) is 11.0. The molecule has 0 unspecified atom stereocenters. The lowest BCUT2D eigenvalue weighted by Gasteiger charge is -2.13. The number of carbonyl (C=O) groups is 1. The third-order valence-electron chi connectivity index (χ3n) is 5.10. The van der Waals surface area contributed by atoms with E-state index in [1.54, 1.807) is 36.4 Å². The molecule has 0 aromatic heterocycles. The van der Waals surface area contributed by atoms with Crippen molar-refractivity contribution < 1.29 is 23.8 Å². The third kappa shape index (κ3) is 5.18. The second-order valence-electron chi connectivity index (χ2n) is 7.32. The molecule has 0 aliphatic carbocycles. The number of halogens is 2. The van der Waals surface area contributed by atoms with Crippen LogP contribution < -0.4 is 14.9 Å². The number of phenols is 1. The van der Waals surface area contributed by atoms with Gasteiger partial charge in [-0.05, 0) is 57.0 Å². The summed E-state index contributed by atoms with van der Waals surface area (Å²) >= 11 is 3.45. The summed E-state index contributed by atoms with van der Waals surface area (Å²) in [5, 5.41) is 15.9. The summed E-state index contributed by atoms with van der Waals surface area (Å²) in [4.78, 5) is 12.5. The van der Waals surface area contributed by atoms with Crippen molar-refractivity contribution in [3.05, 3.63) is 99.8 Å². The van der Waals surface area contributed by atoms with E-state index < -0.39 is 5.91 Å². The summed E-state index contributed by atoms with van der Waals surface area (Å²) in [5.41, 5.74) is 3.57. The van der Waals surface area contributed by atoms with Crippen molar-refractivity contribution in [3.63, 3.8) is 0 Å². The smallest absolute Gasteiger partial charge is 0.275 e. The molecule has 1 amide bonds. The molecule has 2 N–H and O–H groups in total. The maximum Gasteiger partial charge on any atom is 0.275 e. The first-order valence-corrected chi connectivity index (χ1v) is 11.0. The van der Waals surface area contributed by atoms with Crippen molar-refractivity contribution in [2.45, 2.75) is 6.61 Å². The lowest BCUT2D eigenvalue weighted by Crippen LogP contribution is -2.17. The fraction of sp³-hybridized carbons (Fsp3) is 0.0769. The van der Waals surface area contributed by atoms with E-state index in [0.29, 0.717) is 27.1 Å². The highest BCUT2D eigenvalue weighted by atomic mass is 79.9. The molecule has 0 fully saturated rings. The first-order valence-electron chi connectivity index (χ1n) is 10.2. The summed E-state index contributed by atoms with van der Waals surface area (Å²) in [6.07, 6.45) is 1.43. The lowest BCUT2D eigenvalue weighted by molar-refractivity contribution is 0.0952. The third-order valence-corrected chi connectivity index (χ3v) is 5.79. The van der Waals surface area contributed by atoms with E-state index in [0.717, 1.165) is 10.8 Å². The number of ether oxygens (including phenoxy) is 2. The van der Waals surface area contributed by atoms with Crippen LogP contribution in [0.2, 0.25) is 0 Å². The number of rotatable bonds is 7. The van der Waals surface area contributed by atoms with Gasteiger partial charge in [-0.2, -0.15) is 5.10 Å². The summed E-state index contributed by atoms with van der Waals surface area (Å²) in [7, 11) is 1.49. The molecule has 0 atom stereocenters. The molecule has 8 heteroatoms. The summed E-state index contributed by atoms with van der Waals surface area (Å²) in [6.45, 7) is 0.0359. The Morgan fingerprint density at radius 2 is 1.76 bits per heavy atom. The Labute approximate surface area is 203 Å². The average Bonchev–Trinajstić information content (AvgIpc) is 2.84. The van der Waals surface area contributed by atoms with Gasteiger partial charge in [0.15, 0.2) is 11.5 Å². The highest BCUT2D eigenvalue weighted by Crippen LogP contribution is 2.33. The van der Waals surface area contributed by atoms with E-state index >= 15 is 0 Å². The van der Waals surface area contributed by atoms with Gasteiger partial charge in [0.1, 0.15) is 18.2 Å². The van der Waals surface area contributed by atoms with Crippen LogP contribution >= 0.6 is 15.9 Å². The van der Waals surface area contributed by atoms with E-state index in [1.165, 1.54) is 25.5 Å². The molecule has 4 aromatic rings. The van der Waals surface area contributed by atoms with Crippen LogP contribution in [0.1, 0.15) is 21.5 Å². The monoisotopic (exact) mass is 522 g/mol. The van der Waals surface area contributed by atoms with Crippen LogP contribution in [0.5, 0.6) is 17.2 Å². The average molecular weight is 523 g/mol. The number of hydrogen-bond acceptors (Lipinski definition) is 5. The Hall–Kier alpha value is -3.91. The van der Waals surface area contributed by atoms with Gasteiger partial charge in [0.05, 0.1) is 18.9 Å². The van der Waals surface area contributed by atoms with Crippen molar-refractivity contribution in [2.75, 3.05) is 7.11 Å². The second kappa shape index (κ2) is 10.4. The number of nitrogens with zero attached hydrogens (tertiary/aromatic N) is 1. The number of hydrazone groups is 1. The Morgan fingerprint density at radius 1 is 1.06 bits per heavy atom. The number of hydrogen-bond donors (Lipinski definition) is 2. The van der Waals surface area contributed by atoms with Crippen molar-refractivity contribution in [1.82, 2.24) is 5.43 Å². The molecule has 0 spiro atoms. The second-order valence-corrected chi connectivity index (χ2v) is 8.17. The van der Waals surface area contributed by atoms with Crippen LogP contribution in [0, 0.1) is 5.82 Å².